The molecule has 7 rings (SSSR count). The molecule has 0 aliphatic carbocycles. The van der Waals surface area contributed by atoms with E-state index >= 15 is 0 Å². The fourth-order valence-corrected chi connectivity index (χ4v) is 4.50. The van der Waals surface area contributed by atoms with E-state index in [1.165, 1.54) is 4.57 Å². The molecule has 0 radical (unpaired) electrons. The number of rotatable bonds is 2. The maximum Gasteiger partial charge on any atom is 0.242 e. The molecular formula is C33H22N4Pt-2. The first-order chi connectivity index (χ1) is 19.5. The van der Waals surface area contributed by atoms with Gasteiger partial charge >= 0.3 is 0 Å². The van der Waals surface area contributed by atoms with Gasteiger partial charge < -0.3 is 20.1 Å². The average Bonchev–Trinajstić information content (AvgIpc) is 3.55. The third kappa shape index (κ3) is 4.54. The Bertz CT molecular complexity index is 1970. The van der Waals surface area contributed by atoms with Crippen LogP contribution in [0.25, 0.3) is 44.3 Å². The number of imidazole rings is 1. The van der Waals surface area contributed by atoms with Crippen molar-refractivity contribution in [2.45, 2.75) is 0 Å². The number of fused-ring (bicyclic) bond motifs is 4. The van der Waals surface area contributed by atoms with Crippen molar-refractivity contribution in [3.63, 3.8) is 0 Å². The summed E-state index contributed by atoms with van der Waals surface area (Å²) in [4.78, 5) is 4.63. The van der Waals surface area contributed by atoms with E-state index in [-0.39, 0.29) is 21.1 Å². The second-order valence-electron chi connectivity index (χ2n) is 8.40. The van der Waals surface area contributed by atoms with Crippen LogP contribution in [-0.2, 0) is 28.0 Å². The molecular weight excluding hydrogens is 647 g/mol. The molecule has 0 spiro atoms. The van der Waals surface area contributed by atoms with Gasteiger partial charge in [0.2, 0.25) is 6.33 Å². The van der Waals surface area contributed by atoms with Crippen LogP contribution in [0.3, 0.4) is 0 Å². The van der Waals surface area contributed by atoms with Gasteiger partial charge in [0.15, 0.2) is 0 Å². The van der Waals surface area contributed by atoms with Crippen LogP contribution in [-0.4, -0.2) is 14.1 Å². The van der Waals surface area contributed by atoms with Crippen LogP contribution in [0.4, 0.5) is 0 Å². The molecule has 0 saturated carbocycles. The fraction of sp³-hybridized carbons (Fsp3) is 0.0303. The predicted molar refractivity (Wildman–Crippen MR) is 147 cm³/mol. The van der Waals surface area contributed by atoms with Crippen molar-refractivity contribution in [3.05, 3.63) is 140 Å². The largest absolute Gasteiger partial charge is 0.366 e. The standard InChI is InChI=1S/C25H17N4.C8H5.Pt/c1-27-17-28(24-14-5-4-13-23(24)27)18-8-6-9-19(16-18)29-22-12-3-2-10-20(22)21-11-7-15-26-25(21)29;1-2-8-6-4-3-5-7-8;/h2-15H,1H3;3-7H;/q2*-1;/i1D3;;. The predicted octanol–water partition coefficient (Wildman–Crippen LogP) is 6.17. The second kappa shape index (κ2) is 10.9. The molecule has 4 nitrogen and oxygen atoms in total. The number of hydrogen-bond donors (Lipinski definition) is 0. The molecule has 0 saturated heterocycles. The average molecular weight is 673 g/mol. The molecule has 0 unspecified atom stereocenters. The summed E-state index contributed by atoms with van der Waals surface area (Å²) in [7, 11) is 0. The van der Waals surface area contributed by atoms with Gasteiger partial charge in [-0.05, 0) is 18.2 Å². The molecule has 3 aromatic heterocycles. The van der Waals surface area contributed by atoms with Crippen molar-refractivity contribution in [1.29, 1.82) is 0 Å². The van der Waals surface area contributed by atoms with Crippen LogP contribution in [0.1, 0.15) is 9.68 Å². The Morgan fingerprint density at radius 1 is 0.789 bits per heavy atom. The van der Waals surface area contributed by atoms with Gasteiger partial charge in [0, 0.05) is 38.0 Å². The third-order valence-electron chi connectivity index (χ3n) is 6.16. The van der Waals surface area contributed by atoms with Gasteiger partial charge in [-0.15, -0.1) is 23.8 Å². The molecule has 4 aromatic carbocycles. The molecule has 186 valence electrons. The number of aryl methyl sites for hydroxylation is 1. The Kier molecular flexibility index (Phi) is 6.19. The molecule has 0 aliphatic heterocycles. The summed E-state index contributed by atoms with van der Waals surface area (Å²) in [6.45, 7) is -2.33. The summed E-state index contributed by atoms with van der Waals surface area (Å²) in [5.41, 5.74) is 5.56. The van der Waals surface area contributed by atoms with Gasteiger partial charge in [0.25, 0.3) is 0 Å². The molecule has 7 aromatic rings. The van der Waals surface area contributed by atoms with Crippen molar-refractivity contribution in [3.8, 4) is 17.3 Å². The molecule has 0 aliphatic rings. The quantitative estimate of drug-likeness (QED) is 0.123. The molecule has 0 N–H and O–H groups in total. The topological polar surface area (TPSA) is 26.6 Å². The minimum Gasteiger partial charge on any atom is -0.366 e. The first-order valence-electron chi connectivity index (χ1n) is 13.3. The van der Waals surface area contributed by atoms with Gasteiger partial charge in [-0.3, -0.25) is 5.92 Å². The molecule has 0 amide bonds. The van der Waals surface area contributed by atoms with Crippen LogP contribution in [0, 0.1) is 24.7 Å². The van der Waals surface area contributed by atoms with Gasteiger partial charge in [0.05, 0.1) is 27.6 Å². The van der Waals surface area contributed by atoms with Crippen LogP contribution in [0.15, 0.2) is 115 Å². The van der Waals surface area contributed by atoms with E-state index in [0.29, 0.717) is 11.2 Å². The second-order valence-corrected chi connectivity index (χ2v) is 8.40. The SMILES string of the molecule is [2H]C([2H])([2H])[n+]1[c-]n(-c2[c-]c(-n3c4ccccc4c4cccnc43)ccc2)c2ccccc21.[C-]#Cc1ccccc1.[Pt]. The molecule has 3 heterocycles. The summed E-state index contributed by atoms with van der Waals surface area (Å²) in [5, 5.41) is 2.19. The van der Waals surface area contributed by atoms with Gasteiger partial charge in [-0.2, -0.15) is 18.2 Å². The molecule has 0 bridgehead atoms. The zero-order valence-corrected chi connectivity index (χ0v) is 22.3. The number of nitrogens with zero attached hydrogens (tertiary/aromatic N) is 4. The zero-order valence-electron chi connectivity index (χ0n) is 23.1. The molecule has 5 heteroatoms. The summed E-state index contributed by atoms with van der Waals surface area (Å²) in [6.07, 6.45) is 11.5. The van der Waals surface area contributed by atoms with Crippen molar-refractivity contribution in [2.75, 3.05) is 0 Å². The first-order valence-corrected chi connectivity index (χ1v) is 11.8. The van der Waals surface area contributed by atoms with Crippen molar-refractivity contribution < 1.29 is 29.7 Å². The monoisotopic (exact) mass is 672 g/mol. The first kappa shape index (κ1) is 21.6. The van der Waals surface area contributed by atoms with Crippen LogP contribution < -0.4 is 4.57 Å². The Hall–Kier alpha value is -4.45. The van der Waals surface area contributed by atoms with Crippen LogP contribution >= 0.6 is 0 Å². The summed E-state index contributed by atoms with van der Waals surface area (Å²) < 4.78 is 28.7. The molecule has 0 fully saturated rings. The summed E-state index contributed by atoms with van der Waals surface area (Å²) in [5.74, 6) is 2.28. The number of benzene rings is 4. The van der Waals surface area contributed by atoms with Crippen molar-refractivity contribution in [2.24, 2.45) is 6.98 Å². The smallest absolute Gasteiger partial charge is 0.242 e. The van der Waals surface area contributed by atoms with E-state index in [0.717, 1.165) is 38.7 Å². The Labute approximate surface area is 240 Å². The van der Waals surface area contributed by atoms with Crippen molar-refractivity contribution in [1.82, 2.24) is 14.1 Å². The minimum absolute atomic E-state index is 0. The Morgan fingerprint density at radius 3 is 2.29 bits per heavy atom. The molecule has 0 atom stereocenters. The van der Waals surface area contributed by atoms with E-state index in [9.17, 15) is 0 Å². The third-order valence-corrected chi connectivity index (χ3v) is 6.16. The number of hydrogen-bond acceptors (Lipinski definition) is 1. The Morgan fingerprint density at radius 2 is 1.50 bits per heavy atom. The maximum absolute atomic E-state index is 7.90. The minimum atomic E-state index is -2.33. The maximum atomic E-state index is 7.90. The summed E-state index contributed by atoms with van der Waals surface area (Å²) >= 11 is 0. The number of pyridine rings is 1. The zero-order chi connectivity index (χ0) is 27.7. The van der Waals surface area contributed by atoms with E-state index in [1.807, 2.05) is 84.9 Å². The van der Waals surface area contributed by atoms with Crippen LogP contribution in [0.2, 0.25) is 0 Å². The van der Waals surface area contributed by atoms with Crippen molar-refractivity contribution >= 4 is 33.0 Å². The van der Waals surface area contributed by atoms with E-state index in [2.05, 4.69) is 46.1 Å². The van der Waals surface area contributed by atoms with Gasteiger partial charge in [0.1, 0.15) is 5.65 Å². The van der Waals surface area contributed by atoms with Crippen LogP contribution in [0.5, 0.6) is 0 Å². The number of aromatic nitrogens is 4. The van der Waals surface area contributed by atoms with Gasteiger partial charge in [-0.1, -0.05) is 72.0 Å². The van der Waals surface area contributed by atoms with Gasteiger partial charge in [-0.25, -0.2) is 4.98 Å². The summed E-state index contributed by atoms with van der Waals surface area (Å²) in [6, 6.07) is 38.2. The molecule has 38 heavy (non-hydrogen) atoms. The fourth-order valence-electron chi connectivity index (χ4n) is 4.50. The van der Waals surface area contributed by atoms with E-state index in [1.54, 1.807) is 16.8 Å². The van der Waals surface area contributed by atoms with E-state index < -0.39 is 6.98 Å². The normalized spacial score (nSPS) is 12.0. The number of para-hydroxylation sites is 3. The Balaban J connectivity index is 0.000000327. The van der Waals surface area contributed by atoms with E-state index in [4.69, 9.17) is 10.5 Å².